The molecule has 2 aromatic rings. The highest BCUT2D eigenvalue weighted by Crippen LogP contribution is 2.32. The van der Waals surface area contributed by atoms with Crippen molar-refractivity contribution >= 4 is 0 Å². The summed E-state index contributed by atoms with van der Waals surface area (Å²) >= 11 is 0. The van der Waals surface area contributed by atoms with Crippen LogP contribution in [0.3, 0.4) is 0 Å². The summed E-state index contributed by atoms with van der Waals surface area (Å²) in [6.07, 6.45) is 1.92. The number of hydrogen-bond acceptors (Lipinski definition) is 3. The second kappa shape index (κ2) is 5.85. The van der Waals surface area contributed by atoms with Crippen LogP contribution in [0, 0.1) is 23.0 Å². The number of halogens is 2. The molecule has 4 nitrogen and oxygen atoms in total. The predicted molar refractivity (Wildman–Crippen MR) is 72.9 cm³/mol. The number of aryl methyl sites for hydroxylation is 1. The van der Waals surface area contributed by atoms with Crippen LogP contribution in [0.4, 0.5) is 8.78 Å². The van der Waals surface area contributed by atoms with E-state index in [0.717, 1.165) is 12.1 Å². The number of nitrogens with zero attached hydrogens (tertiary/aromatic N) is 3. The van der Waals surface area contributed by atoms with E-state index < -0.39 is 17.7 Å². The van der Waals surface area contributed by atoms with Crippen LogP contribution in [0.2, 0.25) is 0 Å². The number of nitriles is 1. The van der Waals surface area contributed by atoms with Gasteiger partial charge in [0.15, 0.2) is 11.6 Å². The van der Waals surface area contributed by atoms with Gasteiger partial charge in [0.2, 0.25) is 0 Å². The Morgan fingerprint density at radius 1 is 1.48 bits per heavy atom. The van der Waals surface area contributed by atoms with Gasteiger partial charge in [0.05, 0.1) is 18.4 Å². The minimum absolute atomic E-state index is 0.0468. The Labute approximate surface area is 120 Å². The molecule has 6 heteroatoms. The summed E-state index contributed by atoms with van der Waals surface area (Å²) in [5.74, 6) is -2.07. The first-order valence-electron chi connectivity index (χ1n) is 6.16. The molecule has 0 aliphatic rings. The van der Waals surface area contributed by atoms with E-state index >= 15 is 0 Å². The Balaban J connectivity index is 2.51. The van der Waals surface area contributed by atoms with Gasteiger partial charge in [-0.2, -0.15) is 10.4 Å². The molecule has 0 bridgehead atoms. The third-order valence-corrected chi connectivity index (χ3v) is 3.07. The van der Waals surface area contributed by atoms with Gasteiger partial charge in [0, 0.05) is 30.8 Å². The zero-order valence-electron chi connectivity index (χ0n) is 11.3. The summed E-state index contributed by atoms with van der Waals surface area (Å²) < 4.78 is 28.5. The standard InChI is InChI=1S/C15H13F2N3O/c1-9(6-18)3-15(21)12-5-14(17)13(16)4-11(12)10-7-19-20(2)8-10/h4-5,7-8,15,21H,1,3H2,2H3/t15-/m0/s1. The highest BCUT2D eigenvalue weighted by Gasteiger charge is 2.19. The number of aliphatic hydroxyl groups excluding tert-OH is 1. The lowest BCUT2D eigenvalue weighted by Gasteiger charge is -2.15. The van der Waals surface area contributed by atoms with Crippen molar-refractivity contribution < 1.29 is 13.9 Å². The van der Waals surface area contributed by atoms with Gasteiger partial charge in [-0.3, -0.25) is 4.68 Å². The number of benzene rings is 1. The van der Waals surface area contributed by atoms with Crippen LogP contribution in [0.15, 0.2) is 36.7 Å². The Morgan fingerprint density at radius 3 is 2.71 bits per heavy atom. The third kappa shape index (κ3) is 3.15. The van der Waals surface area contributed by atoms with Crippen LogP contribution in [0.1, 0.15) is 18.1 Å². The maximum Gasteiger partial charge on any atom is 0.159 e. The summed E-state index contributed by atoms with van der Waals surface area (Å²) in [6, 6.07) is 3.77. The Kier molecular flexibility index (Phi) is 4.15. The van der Waals surface area contributed by atoms with Crippen molar-refractivity contribution in [1.82, 2.24) is 9.78 Å². The Morgan fingerprint density at radius 2 is 2.14 bits per heavy atom. The highest BCUT2D eigenvalue weighted by molar-refractivity contribution is 5.67. The zero-order valence-corrected chi connectivity index (χ0v) is 11.3. The van der Waals surface area contributed by atoms with Gasteiger partial charge >= 0.3 is 0 Å². The minimum atomic E-state index is -1.15. The molecule has 1 atom stereocenters. The molecule has 0 spiro atoms. The van der Waals surface area contributed by atoms with E-state index in [-0.39, 0.29) is 17.6 Å². The monoisotopic (exact) mass is 289 g/mol. The maximum atomic E-state index is 13.5. The first kappa shape index (κ1) is 14.9. The van der Waals surface area contributed by atoms with Gasteiger partial charge in [-0.1, -0.05) is 6.58 Å². The molecular weight excluding hydrogens is 276 g/mol. The van der Waals surface area contributed by atoms with Gasteiger partial charge in [-0.25, -0.2) is 8.78 Å². The summed E-state index contributed by atoms with van der Waals surface area (Å²) in [7, 11) is 1.69. The fourth-order valence-electron chi connectivity index (χ4n) is 2.04. The fourth-order valence-corrected chi connectivity index (χ4v) is 2.04. The molecule has 0 aliphatic heterocycles. The zero-order chi connectivity index (χ0) is 15.6. The highest BCUT2D eigenvalue weighted by atomic mass is 19.2. The largest absolute Gasteiger partial charge is 0.388 e. The summed E-state index contributed by atoms with van der Waals surface area (Å²) in [5, 5.41) is 22.8. The molecule has 1 aromatic heterocycles. The van der Waals surface area contributed by atoms with E-state index in [0.29, 0.717) is 11.1 Å². The van der Waals surface area contributed by atoms with Crippen LogP contribution in [-0.4, -0.2) is 14.9 Å². The van der Waals surface area contributed by atoms with Crippen molar-refractivity contribution in [2.24, 2.45) is 7.05 Å². The van der Waals surface area contributed by atoms with E-state index in [1.54, 1.807) is 13.2 Å². The average molecular weight is 289 g/mol. The van der Waals surface area contributed by atoms with E-state index in [9.17, 15) is 13.9 Å². The second-order valence-electron chi connectivity index (χ2n) is 4.69. The van der Waals surface area contributed by atoms with Crippen LogP contribution in [0.25, 0.3) is 11.1 Å². The molecule has 108 valence electrons. The van der Waals surface area contributed by atoms with E-state index in [4.69, 9.17) is 5.26 Å². The Bertz CT molecular complexity index is 731. The summed E-state index contributed by atoms with van der Waals surface area (Å²) in [5.41, 5.74) is 1.23. The lowest BCUT2D eigenvalue weighted by Crippen LogP contribution is -2.03. The topological polar surface area (TPSA) is 61.8 Å². The average Bonchev–Trinajstić information content (AvgIpc) is 2.87. The molecule has 0 fully saturated rings. The van der Waals surface area contributed by atoms with Crippen molar-refractivity contribution in [3.63, 3.8) is 0 Å². The van der Waals surface area contributed by atoms with Gasteiger partial charge in [0.1, 0.15) is 0 Å². The van der Waals surface area contributed by atoms with Crippen LogP contribution >= 0.6 is 0 Å². The quantitative estimate of drug-likeness (QED) is 0.880. The molecule has 0 saturated carbocycles. The van der Waals surface area contributed by atoms with Crippen LogP contribution in [0.5, 0.6) is 0 Å². The molecule has 1 N–H and O–H groups in total. The van der Waals surface area contributed by atoms with Gasteiger partial charge < -0.3 is 5.11 Å². The van der Waals surface area contributed by atoms with E-state index in [1.165, 1.54) is 10.9 Å². The van der Waals surface area contributed by atoms with Crippen LogP contribution in [-0.2, 0) is 7.05 Å². The van der Waals surface area contributed by atoms with Crippen LogP contribution < -0.4 is 0 Å². The molecule has 21 heavy (non-hydrogen) atoms. The lowest BCUT2D eigenvalue weighted by molar-refractivity contribution is 0.179. The SMILES string of the molecule is C=C(C#N)C[C@H](O)c1cc(F)c(F)cc1-c1cnn(C)c1. The summed E-state index contributed by atoms with van der Waals surface area (Å²) in [4.78, 5) is 0. The normalized spacial score (nSPS) is 12.0. The van der Waals surface area contributed by atoms with Crippen molar-refractivity contribution in [3.8, 4) is 17.2 Å². The Hall–Kier alpha value is -2.52. The first-order valence-corrected chi connectivity index (χ1v) is 6.16. The van der Waals surface area contributed by atoms with Gasteiger partial charge in [-0.05, 0) is 23.3 Å². The predicted octanol–water partition coefficient (Wildman–Crippen LogP) is 2.87. The molecular formula is C15H13F2N3O. The molecule has 2 rings (SSSR count). The lowest BCUT2D eigenvalue weighted by atomic mass is 9.94. The molecule has 0 unspecified atom stereocenters. The van der Waals surface area contributed by atoms with Crippen molar-refractivity contribution in [3.05, 3.63) is 53.9 Å². The van der Waals surface area contributed by atoms with E-state index in [1.807, 2.05) is 6.07 Å². The number of hydrogen-bond donors (Lipinski definition) is 1. The number of rotatable bonds is 4. The molecule has 0 aliphatic carbocycles. The fraction of sp³-hybridized carbons (Fsp3) is 0.200. The molecule has 0 radical (unpaired) electrons. The first-order chi connectivity index (χ1) is 9.92. The van der Waals surface area contributed by atoms with Crippen molar-refractivity contribution in [2.75, 3.05) is 0 Å². The molecule has 0 amide bonds. The summed E-state index contributed by atoms with van der Waals surface area (Å²) in [6.45, 7) is 3.48. The van der Waals surface area contributed by atoms with Crippen molar-refractivity contribution in [2.45, 2.75) is 12.5 Å². The third-order valence-electron chi connectivity index (χ3n) is 3.07. The van der Waals surface area contributed by atoms with Gasteiger partial charge in [0.25, 0.3) is 0 Å². The molecule has 1 heterocycles. The molecule has 0 saturated heterocycles. The minimum Gasteiger partial charge on any atom is -0.388 e. The molecule has 1 aromatic carbocycles. The smallest absolute Gasteiger partial charge is 0.159 e. The number of aromatic nitrogens is 2. The second-order valence-corrected chi connectivity index (χ2v) is 4.69. The van der Waals surface area contributed by atoms with Gasteiger partial charge in [-0.15, -0.1) is 0 Å². The maximum absolute atomic E-state index is 13.5. The van der Waals surface area contributed by atoms with E-state index in [2.05, 4.69) is 11.7 Å². The number of aliphatic hydroxyl groups is 1. The van der Waals surface area contributed by atoms with Crippen molar-refractivity contribution in [1.29, 1.82) is 5.26 Å².